The molecule has 2 rings (SSSR count). The van der Waals surface area contributed by atoms with Gasteiger partial charge in [-0.15, -0.1) is 15.3 Å². The van der Waals surface area contributed by atoms with Crippen LogP contribution in [0.15, 0.2) is 0 Å². The van der Waals surface area contributed by atoms with Crippen molar-refractivity contribution >= 4 is 22.4 Å². The van der Waals surface area contributed by atoms with Crippen LogP contribution in [-0.4, -0.2) is 42.9 Å². The highest BCUT2D eigenvalue weighted by Crippen LogP contribution is 2.16. The summed E-state index contributed by atoms with van der Waals surface area (Å²) in [4.78, 5) is 11.8. The molecule has 2 aromatic heterocycles. The second kappa shape index (κ2) is 7.01. The number of nitrogens with one attached hydrogen (secondary N) is 1. The van der Waals surface area contributed by atoms with E-state index in [2.05, 4.69) is 31.0 Å². The lowest BCUT2D eigenvalue weighted by Crippen LogP contribution is -2.15. The van der Waals surface area contributed by atoms with Crippen LogP contribution < -0.4 is 5.32 Å². The maximum Gasteiger partial charge on any atom is 0.228 e. The number of ether oxygens (including phenoxy) is 1. The molecule has 0 spiro atoms. The van der Waals surface area contributed by atoms with Crippen LogP contribution in [0, 0.1) is 6.92 Å². The minimum absolute atomic E-state index is 0.154. The average molecular weight is 297 g/mol. The Balaban J connectivity index is 1.79. The van der Waals surface area contributed by atoms with Crippen molar-refractivity contribution in [3.8, 4) is 0 Å². The predicted molar refractivity (Wildman–Crippen MR) is 71.0 cm³/mol. The van der Waals surface area contributed by atoms with Crippen molar-refractivity contribution in [1.82, 2.24) is 30.4 Å². The van der Waals surface area contributed by atoms with E-state index in [1.807, 2.05) is 6.92 Å². The second-order valence-corrected chi connectivity index (χ2v) is 4.95. The first-order chi connectivity index (χ1) is 9.69. The molecule has 0 fully saturated rings. The van der Waals surface area contributed by atoms with Crippen LogP contribution in [0.5, 0.6) is 0 Å². The Morgan fingerprint density at radius 1 is 1.40 bits per heavy atom. The topological polar surface area (TPSA) is 108 Å². The van der Waals surface area contributed by atoms with Gasteiger partial charge in [-0.05, 0) is 24.3 Å². The smallest absolute Gasteiger partial charge is 0.228 e. The van der Waals surface area contributed by atoms with Gasteiger partial charge in [-0.25, -0.2) is 4.68 Å². The van der Waals surface area contributed by atoms with Gasteiger partial charge in [0.15, 0.2) is 0 Å². The molecule has 20 heavy (non-hydrogen) atoms. The van der Waals surface area contributed by atoms with Gasteiger partial charge in [0.05, 0.1) is 6.54 Å². The van der Waals surface area contributed by atoms with E-state index in [1.54, 1.807) is 11.6 Å². The van der Waals surface area contributed by atoms with Crippen LogP contribution >= 0.6 is 11.3 Å². The molecule has 0 radical (unpaired) electrons. The van der Waals surface area contributed by atoms with E-state index in [4.69, 9.17) is 4.74 Å². The summed E-state index contributed by atoms with van der Waals surface area (Å²) in [6.07, 6.45) is 0.270. The van der Waals surface area contributed by atoms with E-state index in [0.29, 0.717) is 30.7 Å². The highest BCUT2D eigenvalue weighted by Gasteiger charge is 2.09. The maximum atomic E-state index is 11.8. The Bertz CT molecular complexity index is 567. The molecule has 0 saturated carbocycles. The summed E-state index contributed by atoms with van der Waals surface area (Å²) in [5.41, 5.74) is 0. The Morgan fingerprint density at radius 3 is 2.95 bits per heavy atom. The number of rotatable bonds is 7. The predicted octanol–water partition coefficient (Wildman–Crippen LogP) is 0.398. The van der Waals surface area contributed by atoms with Crippen molar-refractivity contribution in [1.29, 1.82) is 0 Å². The minimum atomic E-state index is -0.154. The zero-order chi connectivity index (χ0) is 14.4. The van der Waals surface area contributed by atoms with Gasteiger partial charge in [-0.1, -0.05) is 11.3 Å². The summed E-state index contributed by atoms with van der Waals surface area (Å²) >= 11 is 1.30. The zero-order valence-electron chi connectivity index (χ0n) is 11.2. The minimum Gasteiger partial charge on any atom is -0.374 e. The van der Waals surface area contributed by atoms with Crippen LogP contribution in [0.1, 0.15) is 24.2 Å². The molecule has 10 heteroatoms. The zero-order valence-corrected chi connectivity index (χ0v) is 12.1. The number of aryl methyl sites for hydroxylation is 2. The van der Waals surface area contributed by atoms with Crippen molar-refractivity contribution in [2.45, 2.75) is 33.4 Å². The number of hydrogen-bond donors (Lipinski definition) is 1. The molecular weight excluding hydrogens is 282 g/mol. The molecule has 108 valence electrons. The quantitative estimate of drug-likeness (QED) is 0.788. The number of carbonyl (C=O) groups excluding carboxylic acids is 1. The van der Waals surface area contributed by atoms with Crippen LogP contribution in [0.3, 0.4) is 0 Å². The number of amides is 1. The highest BCUT2D eigenvalue weighted by atomic mass is 32.1. The standard InChI is InChI=1S/C10H15N7O2S/c1-3-19-6-9-13-14-10(20-9)11-8(18)4-5-17-7(2)12-15-16-17/h3-6H2,1-2H3,(H,11,14,18). The normalized spacial score (nSPS) is 10.7. The lowest BCUT2D eigenvalue weighted by atomic mass is 10.4. The van der Waals surface area contributed by atoms with Gasteiger partial charge in [0.1, 0.15) is 17.4 Å². The van der Waals surface area contributed by atoms with Gasteiger partial charge >= 0.3 is 0 Å². The fourth-order valence-corrected chi connectivity index (χ4v) is 2.09. The van der Waals surface area contributed by atoms with Crippen LogP contribution in [0.2, 0.25) is 0 Å². The maximum absolute atomic E-state index is 11.8. The molecule has 0 aliphatic rings. The van der Waals surface area contributed by atoms with E-state index >= 15 is 0 Å². The average Bonchev–Trinajstić information content (AvgIpc) is 3.03. The molecule has 1 N–H and O–H groups in total. The largest absolute Gasteiger partial charge is 0.374 e. The third kappa shape index (κ3) is 4.03. The summed E-state index contributed by atoms with van der Waals surface area (Å²) < 4.78 is 6.79. The van der Waals surface area contributed by atoms with E-state index < -0.39 is 0 Å². The molecule has 1 amide bonds. The Hall–Kier alpha value is -1.94. The first kappa shape index (κ1) is 14.5. The van der Waals surface area contributed by atoms with Gasteiger partial charge in [0, 0.05) is 13.0 Å². The highest BCUT2D eigenvalue weighted by molar-refractivity contribution is 7.15. The van der Waals surface area contributed by atoms with Gasteiger partial charge in [0.25, 0.3) is 0 Å². The van der Waals surface area contributed by atoms with Gasteiger partial charge < -0.3 is 10.1 Å². The summed E-state index contributed by atoms with van der Waals surface area (Å²) in [6.45, 7) is 5.14. The summed E-state index contributed by atoms with van der Waals surface area (Å²) in [6, 6.07) is 0. The van der Waals surface area contributed by atoms with Crippen molar-refractivity contribution in [3.63, 3.8) is 0 Å². The number of tetrazole rings is 1. The summed E-state index contributed by atoms with van der Waals surface area (Å²) in [5, 5.41) is 22.7. The van der Waals surface area contributed by atoms with E-state index in [1.165, 1.54) is 11.3 Å². The Labute approximate surface area is 119 Å². The third-order valence-electron chi connectivity index (χ3n) is 2.40. The molecular formula is C10H15N7O2S. The van der Waals surface area contributed by atoms with Crippen molar-refractivity contribution in [2.24, 2.45) is 0 Å². The third-order valence-corrected chi connectivity index (χ3v) is 3.22. The summed E-state index contributed by atoms with van der Waals surface area (Å²) in [7, 11) is 0. The van der Waals surface area contributed by atoms with E-state index in [9.17, 15) is 4.79 Å². The van der Waals surface area contributed by atoms with Crippen molar-refractivity contribution in [3.05, 3.63) is 10.8 Å². The van der Waals surface area contributed by atoms with Gasteiger partial charge in [-0.2, -0.15) is 0 Å². The lowest BCUT2D eigenvalue weighted by Gasteiger charge is -2.01. The molecule has 2 aromatic rings. The van der Waals surface area contributed by atoms with Gasteiger partial charge in [-0.3, -0.25) is 4.79 Å². The molecule has 0 aliphatic heterocycles. The molecule has 2 heterocycles. The van der Waals surface area contributed by atoms with Crippen LogP contribution in [0.25, 0.3) is 0 Å². The van der Waals surface area contributed by atoms with Crippen molar-refractivity contribution < 1.29 is 9.53 Å². The number of nitrogens with zero attached hydrogens (tertiary/aromatic N) is 6. The molecule has 0 unspecified atom stereocenters. The second-order valence-electron chi connectivity index (χ2n) is 3.89. The van der Waals surface area contributed by atoms with Crippen LogP contribution in [0.4, 0.5) is 5.13 Å². The summed E-state index contributed by atoms with van der Waals surface area (Å²) in [5.74, 6) is 0.520. The molecule has 0 aromatic carbocycles. The number of aromatic nitrogens is 6. The van der Waals surface area contributed by atoms with Crippen LogP contribution in [-0.2, 0) is 22.7 Å². The lowest BCUT2D eigenvalue weighted by molar-refractivity contribution is -0.116. The fraction of sp³-hybridized carbons (Fsp3) is 0.600. The molecule has 0 saturated heterocycles. The Kier molecular flexibility index (Phi) is 5.07. The SMILES string of the molecule is CCOCc1nnc(NC(=O)CCn2nnnc2C)s1. The Morgan fingerprint density at radius 2 is 2.25 bits per heavy atom. The first-order valence-electron chi connectivity index (χ1n) is 6.11. The molecule has 9 nitrogen and oxygen atoms in total. The number of carbonyl (C=O) groups is 1. The van der Waals surface area contributed by atoms with E-state index in [0.717, 1.165) is 5.01 Å². The number of hydrogen-bond acceptors (Lipinski definition) is 8. The van der Waals surface area contributed by atoms with Gasteiger partial charge in [0.2, 0.25) is 11.0 Å². The molecule has 0 bridgehead atoms. The number of anilines is 1. The fourth-order valence-electron chi connectivity index (χ4n) is 1.40. The van der Waals surface area contributed by atoms with E-state index in [-0.39, 0.29) is 12.3 Å². The van der Waals surface area contributed by atoms with Crippen molar-refractivity contribution in [2.75, 3.05) is 11.9 Å². The monoisotopic (exact) mass is 297 g/mol. The first-order valence-corrected chi connectivity index (χ1v) is 6.93. The molecule has 0 aliphatic carbocycles. The molecule has 0 atom stereocenters.